The molecule has 2 aromatic rings. The second-order valence-electron chi connectivity index (χ2n) is 16.9. The average Bonchev–Trinajstić information content (AvgIpc) is 3.04. The van der Waals surface area contributed by atoms with Crippen molar-refractivity contribution in [1.29, 1.82) is 0 Å². The van der Waals surface area contributed by atoms with Gasteiger partial charge in [-0.3, -0.25) is 0 Å². The third kappa shape index (κ3) is 6.55. The minimum Gasteiger partial charge on any atom is -0.507 e. The Labute approximate surface area is 299 Å². The molecule has 0 spiro atoms. The van der Waals surface area contributed by atoms with Crippen molar-refractivity contribution >= 4 is 12.2 Å². The summed E-state index contributed by atoms with van der Waals surface area (Å²) in [6, 6.07) is 3.17. The fraction of sp³-hybridized carbons (Fsp3) is 0.545. The van der Waals surface area contributed by atoms with Crippen molar-refractivity contribution in [3.63, 3.8) is 0 Å². The molecule has 2 heterocycles. The molecular weight excluding hydrogens is 624 g/mol. The molecular formula is C44H58O6. The zero-order valence-electron chi connectivity index (χ0n) is 32.1. The average molecular weight is 683 g/mol. The Bertz CT molecular complexity index is 1670. The van der Waals surface area contributed by atoms with Crippen LogP contribution in [0.2, 0.25) is 0 Å². The molecule has 0 bridgehead atoms. The lowest BCUT2D eigenvalue weighted by molar-refractivity contribution is 0.119. The van der Waals surface area contributed by atoms with Gasteiger partial charge in [0, 0.05) is 34.4 Å². The van der Waals surface area contributed by atoms with Crippen molar-refractivity contribution in [2.24, 2.45) is 10.8 Å². The van der Waals surface area contributed by atoms with Crippen LogP contribution in [-0.2, 0) is 0 Å². The van der Waals surface area contributed by atoms with Crippen LogP contribution in [0.3, 0.4) is 0 Å². The molecule has 4 aliphatic rings. The van der Waals surface area contributed by atoms with E-state index in [-0.39, 0.29) is 22.3 Å². The van der Waals surface area contributed by atoms with E-state index >= 15 is 0 Å². The number of benzene rings is 2. The Balaban J connectivity index is 1.37. The molecule has 0 saturated carbocycles. The molecule has 0 aromatic heterocycles. The standard InChI is InChI=1S/C44H58O6/c1-27-13-11-19-41(3,4)31(27)17-23-43(7)21-15-29-37(33(45)25-35(47-9)39(29)49-43)38-30-16-22-44(8,50-40(30)36(48-10)26-34(38)46)24-18-32-28(2)14-12-20-42(32,5)6/h15-16,21-22,25-26,45-46H,11-14,17-20,23-24H2,1-10H3/t43-,44+. The number of rotatable bonds is 9. The van der Waals surface area contributed by atoms with Gasteiger partial charge in [-0.25, -0.2) is 0 Å². The second-order valence-corrected chi connectivity index (χ2v) is 16.9. The fourth-order valence-corrected chi connectivity index (χ4v) is 9.17. The number of phenolic OH excluding ortho intramolecular Hbond substituents is 2. The zero-order valence-corrected chi connectivity index (χ0v) is 32.1. The quantitative estimate of drug-likeness (QED) is 0.256. The number of ether oxygens (including phenoxy) is 4. The van der Waals surface area contributed by atoms with Gasteiger partial charge in [0.1, 0.15) is 22.7 Å². The van der Waals surface area contributed by atoms with Crippen LogP contribution in [0.15, 0.2) is 46.6 Å². The van der Waals surface area contributed by atoms with Crippen LogP contribution in [0.4, 0.5) is 0 Å². The summed E-state index contributed by atoms with van der Waals surface area (Å²) < 4.78 is 25.2. The van der Waals surface area contributed by atoms with Crippen molar-refractivity contribution in [2.75, 3.05) is 14.2 Å². The van der Waals surface area contributed by atoms with Gasteiger partial charge in [0.15, 0.2) is 23.0 Å². The number of hydrogen-bond donors (Lipinski definition) is 2. The van der Waals surface area contributed by atoms with Gasteiger partial charge in [0.2, 0.25) is 0 Å². The highest BCUT2D eigenvalue weighted by atomic mass is 16.5. The summed E-state index contributed by atoms with van der Waals surface area (Å²) in [6.07, 6.45) is 18.9. The topological polar surface area (TPSA) is 77.4 Å². The van der Waals surface area contributed by atoms with Gasteiger partial charge in [-0.1, -0.05) is 62.1 Å². The van der Waals surface area contributed by atoms with Gasteiger partial charge in [0.25, 0.3) is 0 Å². The lowest BCUT2D eigenvalue weighted by atomic mass is 9.70. The zero-order chi connectivity index (χ0) is 36.2. The predicted molar refractivity (Wildman–Crippen MR) is 204 cm³/mol. The summed E-state index contributed by atoms with van der Waals surface area (Å²) in [7, 11) is 3.17. The molecule has 50 heavy (non-hydrogen) atoms. The molecule has 2 aliphatic carbocycles. The van der Waals surface area contributed by atoms with Crippen LogP contribution in [-0.4, -0.2) is 35.6 Å². The van der Waals surface area contributed by atoms with Gasteiger partial charge in [-0.2, -0.15) is 0 Å². The lowest BCUT2D eigenvalue weighted by Gasteiger charge is -2.39. The highest BCUT2D eigenvalue weighted by Gasteiger charge is 2.39. The number of hydrogen-bond acceptors (Lipinski definition) is 6. The van der Waals surface area contributed by atoms with E-state index in [0.717, 1.165) is 38.5 Å². The molecule has 6 heteroatoms. The lowest BCUT2D eigenvalue weighted by Crippen LogP contribution is -2.34. The third-order valence-corrected chi connectivity index (χ3v) is 12.2. The first-order valence-electron chi connectivity index (χ1n) is 18.5. The molecule has 0 amide bonds. The molecule has 0 saturated heterocycles. The molecule has 6 rings (SSSR count). The fourth-order valence-electron chi connectivity index (χ4n) is 9.17. The van der Waals surface area contributed by atoms with Crippen LogP contribution < -0.4 is 18.9 Å². The first-order valence-corrected chi connectivity index (χ1v) is 18.5. The van der Waals surface area contributed by atoms with Crippen molar-refractivity contribution in [3.8, 4) is 45.6 Å². The SMILES string of the molecule is COc1cc(O)c(-c2c(O)cc(OC)c3c2C=C[C@](C)(CCC2=C(C)CCCC2(C)C)O3)c2c1O[C@](C)(CCC1=C(C)CCCC1(C)C)C=C2. The van der Waals surface area contributed by atoms with Crippen molar-refractivity contribution in [1.82, 2.24) is 0 Å². The molecule has 270 valence electrons. The smallest absolute Gasteiger partial charge is 0.170 e. The minimum atomic E-state index is -0.581. The Morgan fingerprint density at radius 3 is 1.36 bits per heavy atom. The molecule has 2 N–H and O–H groups in total. The van der Waals surface area contributed by atoms with E-state index in [1.165, 1.54) is 48.0 Å². The maximum atomic E-state index is 11.6. The Morgan fingerprint density at radius 2 is 1.02 bits per heavy atom. The molecule has 2 aromatic carbocycles. The third-order valence-electron chi connectivity index (χ3n) is 12.2. The van der Waals surface area contributed by atoms with Crippen molar-refractivity contribution in [3.05, 3.63) is 57.7 Å². The van der Waals surface area contributed by atoms with Gasteiger partial charge in [0.05, 0.1) is 14.2 Å². The van der Waals surface area contributed by atoms with E-state index in [9.17, 15) is 10.2 Å². The summed E-state index contributed by atoms with van der Waals surface area (Å²) in [5.74, 6) is 1.95. The second kappa shape index (κ2) is 13.1. The van der Waals surface area contributed by atoms with Crippen LogP contribution in [0, 0.1) is 10.8 Å². The molecule has 2 atom stereocenters. The maximum Gasteiger partial charge on any atom is 0.170 e. The maximum absolute atomic E-state index is 11.6. The van der Waals surface area contributed by atoms with Crippen molar-refractivity contribution < 1.29 is 29.2 Å². The summed E-state index contributed by atoms with van der Waals surface area (Å²) in [6.45, 7) is 18.2. The Kier molecular flexibility index (Phi) is 9.41. The summed E-state index contributed by atoms with van der Waals surface area (Å²) in [4.78, 5) is 0. The number of fused-ring (bicyclic) bond motifs is 2. The Morgan fingerprint density at radius 1 is 0.640 bits per heavy atom. The van der Waals surface area contributed by atoms with Crippen LogP contribution in [0.5, 0.6) is 34.5 Å². The van der Waals surface area contributed by atoms with E-state index in [1.54, 1.807) is 26.4 Å². The van der Waals surface area contributed by atoms with E-state index in [4.69, 9.17) is 18.9 Å². The monoisotopic (exact) mass is 682 g/mol. The first kappa shape index (κ1) is 36.0. The molecule has 6 nitrogen and oxygen atoms in total. The Hall–Kier alpha value is -3.80. The molecule has 0 fully saturated rings. The molecule has 2 aliphatic heterocycles. The van der Waals surface area contributed by atoms with Crippen LogP contribution in [0.1, 0.15) is 131 Å². The number of aromatic hydroxyl groups is 2. The van der Waals surface area contributed by atoms with Crippen LogP contribution >= 0.6 is 0 Å². The summed E-state index contributed by atoms with van der Waals surface area (Å²) in [5, 5.41) is 23.2. The summed E-state index contributed by atoms with van der Waals surface area (Å²) >= 11 is 0. The van der Waals surface area contributed by atoms with E-state index in [1.807, 2.05) is 12.2 Å². The van der Waals surface area contributed by atoms with E-state index < -0.39 is 11.2 Å². The highest BCUT2D eigenvalue weighted by Crippen LogP contribution is 2.56. The number of methoxy groups -OCH3 is 2. The number of allylic oxidation sites excluding steroid dienone is 4. The van der Waals surface area contributed by atoms with E-state index in [2.05, 4.69) is 67.5 Å². The largest absolute Gasteiger partial charge is 0.507 e. The molecule has 0 radical (unpaired) electrons. The van der Waals surface area contributed by atoms with Crippen LogP contribution in [0.25, 0.3) is 23.3 Å². The van der Waals surface area contributed by atoms with Crippen molar-refractivity contribution in [2.45, 2.75) is 131 Å². The normalized spacial score (nSPS) is 25.1. The van der Waals surface area contributed by atoms with Gasteiger partial charge < -0.3 is 29.2 Å². The first-order chi connectivity index (χ1) is 23.5. The minimum absolute atomic E-state index is 0.0199. The van der Waals surface area contributed by atoms with Gasteiger partial charge in [-0.05, 0) is 115 Å². The van der Waals surface area contributed by atoms with Gasteiger partial charge >= 0.3 is 0 Å². The van der Waals surface area contributed by atoms with Gasteiger partial charge in [-0.15, -0.1) is 0 Å². The van der Waals surface area contributed by atoms with E-state index in [0.29, 0.717) is 45.3 Å². The number of phenols is 2. The highest BCUT2D eigenvalue weighted by molar-refractivity contribution is 5.95. The molecule has 0 unspecified atom stereocenters. The summed E-state index contributed by atoms with van der Waals surface area (Å²) in [5.41, 5.74) is 7.52. The predicted octanol–water partition coefficient (Wildman–Crippen LogP) is 11.7.